The van der Waals surface area contributed by atoms with Crippen molar-refractivity contribution < 1.29 is 27.1 Å². The van der Waals surface area contributed by atoms with Crippen molar-refractivity contribution in [2.24, 2.45) is 11.5 Å². The molecule has 2 aliphatic rings. The SMILES string of the molecule is NC(=O)c1cc(F)c(N[C@@H]2CCCC[C@@H]2N)nc1Nc1cc(C(F)(F)F)cc2c1ccn2CCN1CCOCC1. The summed E-state index contributed by atoms with van der Waals surface area (Å²) in [5.74, 6) is -2.08. The summed E-state index contributed by atoms with van der Waals surface area (Å²) in [6, 6.07) is 4.25. The number of halogens is 4. The standard InChI is InChI=1S/C27H33F4N7O2/c28-19-15-18(24(33)39)25(36-26(19)34-21-4-2-1-3-20(21)32)35-22-13-16(27(29,30)31)14-23-17(22)5-6-38(23)8-7-37-9-11-40-12-10-37/h5-6,13-15,20-21H,1-4,7-12,32H2,(H2,33,39)(H2,34,35,36)/t20-,21+/m0/s1. The molecule has 40 heavy (non-hydrogen) atoms. The van der Waals surface area contributed by atoms with Gasteiger partial charge in [-0.3, -0.25) is 9.69 Å². The summed E-state index contributed by atoms with van der Waals surface area (Å²) in [5.41, 5.74) is 11.0. The lowest BCUT2D eigenvalue weighted by atomic mass is 9.91. The normalized spacial score (nSPS) is 20.5. The number of fused-ring (bicyclic) bond motifs is 1. The molecule has 1 aromatic carbocycles. The number of rotatable bonds is 8. The third-order valence-electron chi connectivity index (χ3n) is 7.61. The predicted molar refractivity (Wildman–Crippen MR) is 144 cm³/mol. The Hall–Kier alpha value is -3.42. The Morgan fingerprint density at radius 2 is 1.85 bits per heavy atom. The second-order valence-corrected chi connectivity index (χ2v) is 10.3. The summed E-state index contributed by atoms with van der Waals surface area (Å²) in [7, 11) is 0. The smallest absolute Gasteiger partial charge is 0.379 e. The monoisotopic (exact) mass is 563 g/mol. The van der Waals surface area contributed by atoms with Gasteiger partial charge in [-0.1, -0.05) is 12.8 Å². The second kappa shape index (κ2) is 11.6. The Labute approximate surface area is 228 Å². The van der Waals surface area contributed by atoms with E-state index >= 15 is 0 Å². The molecule has 3 aromatic rings. The summed E-state index contributed by atoms with van der Waals surface area (Å²) >= 11 is 0. The lowest BCUT2D eigenvalue weighted by Gasteiger charge is -2.30. The highest BCUT2D eigenvalue weighted by molar-refractivity contribution is 6.01. The average Bonchev–Trinajstić information content (AvgIpc) is 3.33. The largest absolute Gasteiger partial charge is 0.416 e. The van der Waals surface area contributed by atoms with Gasteiger partial charge in [0.2, 0.25) is 0 Å². The Morgan fingerprint density at radius 1 is 1.10 bits per heavy atom. The fraction of sp³-hybridized carbons (Fsp3) is 0.481. The van der Waals surface area contributed by atoms with E-state index in [1.165, 1.54) is 0 Å². The van der Waals surface area contributed by atoms with Crippen molar-refractivity contribution in [3.05, 3.63) is 47.4 Å². The number of nitrogens with two attached hydrogens (primary N) is 2. The first-order chi connectivity index (χ1) is 19.1. The zero-order chi connectivity index (χ0) is 28.4. The number of aromatic nitrogens is 2. The molecule has 13 heteroatoms. The molecule has 0 bridgehead atoms. The maximum atomic E-state index is 15.0. The lowest BCUT2D eigenvalue weighted by Crippen LogP contribution is -2.43. The van der Waals surface area contributed by atoms with Crippen molar-refractivity contribution in [2.75, 3.05) is 43.5 Å². The second-order valence-electron chi connectivity index (χ2n) is 10.3. The van der Waals surface area contributed by atoms with Gasteiger partial charge < -0.3 is 31.4 Å². The molecule has 0 radical (unpaired) electrons. The Morgan fingerprint density at radius 3 is 2.55 bits per heavy atom. The first kappa shape index (κ1) is 28.1. The van der Waals surface area contributed by atoms with Gasteiger partial charge in [0.1, 0.15) is 5.82 Å². The number of primary amides is 1. The summed E-state index contributed by atoms with van der Waals surface area (Å²) in [5, 5.41) is 6.36. The van der Waals surface area contributed by atoms with Crippen molar-refractivity contribution in [1.82, 2.24) is 14.5 Å². The van der Waals surface area contributed by atoms with Gasteiger partial charge in [0.05, 0.1) is 29.9 Å². The molecule has 3 heterocycles. The van der Waals surface area contributed by atoms with Crippen LogP contribution in [0.2, 0.25) is 0 Å². The number of alkyl halides is 3. The van der Waals surface area contributed by atoms with Crippen LogP contribution in [0.4, 0.5) is 34.9 Å². The van der Waals surface area contributed by atoms with E-state index < -0.39 is 23.5 Å². The number of carbonyl (C=O) groups is 1. The molecule has 0 spiro atoms. The summed E-state index contributed by atoms with van der Waals surface area (Å²) in [6.07, 6.45) is 0.476. The number of ether oxygens (including phenoxy) is 1. The van der Waals surface area contributed by atoms with Crippen molar-refractivity contribution in [1.29, 1.82) is 0 Å². The van der Waals surface area contributed by atoms with Crippen molar-refractivity contribution in [3.63, 3.8) is 0 Å². The van der Waals surface area contributed by atoms with E-state index in [0.29, 0.717) is 37.2 Å². The molecule has 1 aliphatic carbocycles. The first-order valence-electron chi connectivity index (χ1n) is 13.4. The van der Waals surface area contributed by atoms with Crippen molar-refractivity contribution in [3.8, 4) is 0 Å². The Balaban J connectivity index is 1.50. The minimum absolute atomic E-state index is 0.0665. The van der Waals surface area contributed by atoms with Crippen LogP contribution in [0.15, 0.2) is 30.5 Å². The molecule has 2 aromatic heterocycles. The molecule has 6 N–H and O–H groups in total. The topological polar surface area (TPSA) is 123 Å². The van der Waals surface area contributed by atoms with Crippen LogP contribution in [0.3, 0.4) is 0 Å². The number of hydrogen-bond donors (Lipinski definition) is 4. The molecular weight excluding hydrogens is 530 g/mol. The molecule has 216 valence electrons. The maximum absolute atomic E-state index is 15.0. The van der Waals surface area contributed by atoms with Crippen LogP contribution in [0.25, 0.3) is 10.9 Å². The van der Waals surface area contributed by atoms with Gasteiger partial charge in [0.25, 0.3) is 5.91 Å². The zero-order valence-corrected chi connectivity index (χ0v) is 21.9. The highest BCUT2D eigenvalue weighted by Crippen LogP contribution is 2.37. The van der Waals surface area contributed by atoms with E-state index in [2.05, 4.69) is 20.5 Å². The minimum atomic E-state index is -4.63. The number of amides is 1. The molecule has 2 atom stereocenters. The summed E-state index contributed by atoms with van der Waals surface area (Å²) in [4.78, 5) is 18.6. The molecule has 5 rings (SSSR count). The van der Waals surface area contributed by atoms with Gasteiger partial charge in [-0.25, -0.2) is 9.37 Å². The van der Waals surface area contributed by atoms with Crippen LogP contribution < -0.4 is 22.1 Å². The quantitative estimate of drug-likeness (QED) is 0.305. The summed E-state index contributed by atoms with van der Waals surface area (Å²) < 4.78 is 63.9. The molecule has 1 saturated heterocycles. The van der Waals surface area contributed by atoms with Crippen LogP contribution in [0.5, 0.6) is 0 Å². The number of hydrogen-bond acceptors (Lipinski definition) is 7. The molecule has 2 fully saturated rings. The van der Waals surface area contributed by atoms with E-state index in [1.54, 1.807) is 16.8 Å². The number of anilines is 3. The van der Waals surface area contributed by atoms with Crippen LogP contribution in [0, 0.1) is 5.82 Å². The molecule has 1 amide bonds. The number of benzene rings is 1. The highest BCUT2D eigenvalue weighted by Gasteiger charge is 2.32. The van der Waals surface area contributed by atoms with E-state index in [4.69, 9.17) is 16.2 Å². The number of nitrogens with one attached hydrogen (secondary N) is 2. The van der Waals surface area contributed by atoms with E-state index in [1.807, 2.05) is 0 Å². The fourth-order valence-electron chi connectivity index (χ4n) is 5.35. The highest BCUT2D eigenvalue weighted by atomic mass is 19.4. The van der Waals surface area contributed by atoms with Crippen molar-refractivity contribution in [2.45, 2.75) is 50.5 Å². The summed E-state index contributed by atoms with van der Waals surface area (Å²) in [6.45, 7) is 3.88. The first-order valence-corrected chi connectivity index (χ1v) is 13.4. The fourth-order valence-corrected chi connectivity index (χ4v) is 5.35. The van der Waals surface area contributed by atoms with Gasteiger partial charge in [0, 0.05) is 55.5 Å². The number of nitrogens with zero attached hydrogens (tertiary/aromatic N) is 3. The van der Waals surface area contributed by atoms with Gasteiger partial charge >= 0.3 is 6.18 Å². The van der Waals surface area contributed by atoms with Crippen LogP contribution in [-0.4, -0.2) is 65.3 Å². The van der Waals surface area contributed by atoms with Crippen LogP contribution in [0.1, 0.15) is 41.6 Å². The molecule has 1 aliphatic heterocycles. The maximum Gasteiger partial charge on any atom is 0.416 e. The molecule has 9 nitrogen and oxygen atoms in total. The van der Waals surface area contributed by atoms with Crippen LogP contribution >= 0.6 is 0 Å². The van der Waals surface area contributed by atoms with E-state index in [9.17, 15) is 22.4 Å². The molecular formula is C27H33F4N7O2. The third kappa shape index (κ3) is 6.16. The van der Waals surface area contributed by atoms with Gasteiger partial charge in [-0.2, -0.15) is 13.2 Å². The Kier molecular flexibility index (Phi) is 8.15. The predicted octanol–water partition coefficient (Wildman–Crippen LogP) is 4.05. The zero-order valence-electron chi connectivity index (χ0n) is 21.9. The third-order valence-corrected chi connectivity index (χ3v) is 7.61. The van der Waals surface area contributed by atoms with Crippen LogP contribution in [-0.2, 0) is 17.5 Å². The molecule has 1 saturated carbocycles. The minimum Gasteiger partial charge on any atom is -0.379 e. The number of carbonyl (C=O) groups excluding carboxylic acids is 1. The molecule has 0 unspecified atom stereocenters. The van der Waals surface area contributed by atoms with E-state index in [0.717, 1.165) is 57.0 Å². The number of pyridine rings is 1. The Bertz CT molecular complexity index is 1370. The van der Waals surface area contributed by atoms with Crippen molar-refractivity contribution >= 4 is 34.1 Å². The van der Waals surface area contributed by atoms with Gasteiger partial charge in [-0.05, 0) is 37.1 Å². The lowest BCUT2D eigenvalue weighted by molar-refractivity contribution is -0.137. The number of morpholine rings is 1. The van der Waals surface area contributed by atoms with Gasteiger partial charge in [-0.15, -0.1) is 0 Å². The van der Waals surface area contributed by atoms with Gasteiger partial charge in [0.15, 0.2) is 11.6 Å². The van der Waals surface area contributed by atoms with E-state index in [-0.39, 0.29) is 35.0 Å². The average molecular weight is 564 g/mol.